The minimum Gasteiger partial charge on any atom is -0.368 e. The number of fused-ring (bicyclic) bond motifs is 2. The number of benzene rings is 2. The molecule has 0 aliphatic rings. The number of nitrogens with one attached hydrogen (secondary N) is 2. The van der Waals surface area contributed by atoms with Gasteiger partial charge in [0, 0.05) is 28.5 Å². The van der Waals surface area contributed by atoms with Gasteiger partial charge in [-0.2, -0.15) is 0 Å². The van der Waals surface area contributed by atoms with E-state index in [4.69, 9.17) is 0 Å². The Morgan fingerprint density at radius 3 is 2.89 bits per heavy atom. The lowest BCUT2D eigenvalue weighted by molar-refractivity contribution is 1.01. The number of nitrogens with zero attached hydrogens (tertiary/aromatic N) is 2. The molecule has 0 unspecified atom stereocenters. The van der Waals surface area contributed by atoms with Gasteiger partial charge in [0.25, 0.3) is 0 Å². The highest BCUT2D eigenvalue weighted by Gasteiger charge is 2.11. The van der Waals surface area contributed by atoms with E-state index in [0.717, 1.165) is 29.0 Å². The number of aromatic nitrogens is 3. The molecule has 0 amide bonds. The number of para-hydroxylation sites is 1. The van der Waals surface area contributed by atoms with Crippen molar-refractivity contribution in [1.29, 1.82) is 0 Å². The van der Waals surface area contributed by atoms with Crippen LogP contribution in [0.4, 0.5) is 5.82 Å². The Kier molecular flexibility index (Phi) is 4.29. The summed E-state index contributed by atoms with van der Waals surface area (Å²) in [6.07, 6.45) is 4.68. The van der Waals surface area contributed by atoms with Crippen molar-refractivity contribution in [3.8, 4) is 10.4 Å². The summed E-state index contributed by atoms with van der Waals surface area (Å²) in [6, 6.07) is 19.1. The lowest BCUT2D eigenvalue weighted by Gasteiger charge is -2.05. The minimum absolute atomic E-state index is 0.825. The molecule has 0 radical (unpaired) electrons. The molecule has 2 N–H and O–H groups in total. The van der Waals surface area contributed by atoms with Crippen LogP contribution >= 0.6 is 11.3 Å². The van der Waals surface area contributed by atoms with Crippen molar-refractivity contribution < 1.29 is 0 Å². The van der Waals surface area contributed by atoms with Gasteiger partial charge in [-0.25, -0.2) is 9.97 Å². The van der Waals surface area contributed by atoms with Crippen LogP contribution in [0.5, 0.6) is 0 Å². The molecule has 138 valence electrons. The summed E-state index contributed by atoms with van der Waals surface area (Å²) in [6.45, 7) is 2.94. The molecular formula is C23H20N4S. The van der Waals surface area contributed by atoms with Gasteiger partial charge in [0.2, 0.25) is 0 Å². The van der Waals surface area contributed by atoms with Crippen molar-refractivity contribution in [3.63, 3.8) is 0 Å². The second kappa shape index (κ2) is 7.09. The normalized spacial score (nSPS) is 11.3. The van der Waals surface area contributed by atoms with Crippen LogP contribution in [0.25, 0.3) is 31.6 Å². The Hall–Kier alpha value is -3.18. The Morgan fingerprint density at radius 1 is 1.04 bits per heavy atom. The molecule has 2 aromatic carbocycles. The standard InChI is InChI=1S/C23H20N4S/c1-15-5-4-6-16(11-15)21-12-20-22(28-21)23(27-14-26-20)24-10-9-17-13-25-19-8-3-2-7-18(17)19/h2-8,11-14,25H,9-10H2,1H3,(H,24,26,27). The third kappa shape index (κ3) is 3.14. The lowest BCUT2D eigenvalue weighted by atomic mass is 10.1. The first-order valence-corrected chi connectivity index (χ1v) is 10.2. The van der Waals surface area contributed by atoms with E-state index in [1.807, 2.05) is 0 Å². The highest BCUT2D eigenvalue weighted by molar-refractivity contribution is 7.22. The van der Waals surface area contributed by atoms with Crippen molar-refractivity contribution in [1.82, 2.24) is 15.0 Å². The van der Waals surface area contributed by atoms with Crippen LogP contribution in [0.3, 0.4) is 0 Å². The fourth-order valence-electron chi connectivity index (χ4n) is 3.57. The van der Waals surface area contributed by atoms with E-state index in [2.05, 4.69) is 88.0 Å². The van der Waals surface area contributed by atoms with Crippen LogP contribution < -0.4 is 5.32 Å². The van der Waals surface area contributed by atoms with Crippen molar-refractivity contribution in [2.75, 3.05) is 11.9 Å². The van der Waals surface area contributed by atoms with Gasteiger partial charge >= 0.3 is 0 Å². The van der Waals surface area contributed by atoms with E-state index in [1.54, 1.807) is 17.7 Å². The largest absolute Gasteiger partial charge is 0.368 e. The van der Waals surface area contributed by atoms with Gasteiger partial charge in [-0.05, 0) is 36.6 Å². The number of anilines is 1. The van der Waals surface area contributed by atoms with Crippen molar-refractivity contribution in [2.45, 2.75) is 13.3 Å². The Morgan fingerprint density at radius 2 is 1.96 bits per heavy atom. The number of aromatic amines is 1. The highest BCUT2D eigenvalue weighted by Crippen LogP contribution is 2.35. The molecule has 0 saturated carbocycles. The fraction of sp³-hybridized carbons (Fsp3) is 0.130. The molecule has 0 fully saturated rings. The predicted octanol–water partition coefficient (Wildman–Crippen LogP) is 5.80. The molecule has 0 spiro atoms. The Balaban J connectivity index is 1.38. The maximum atomic E-state index is 4.49. The topological polar surface area (TPSA) is 53.6 Å². The second-order valence-electron chi connectivity index (χ2n) is 6.95. The molecule has 5 heteroatoms. The van der Waals surface area contributed by atoms with Gasteiger partial charge in [-0.15, -0.1) is 11.3 Å². The Bertz CT molecular complexity index is 1270. The molecule has 3 aromatic heterocycles. The van der Waals surface area contributed by atoms with Gasteiger partial charge in [0.05, 0.1) is 10.2 Å². The molecule has 3 heterocycles. The second-order valence-corrected chi connectivity index (χ2v) is 8.01. The lowest BCUT2D eigenvalue weighted by Crippen LogP contribution is -2.06. The summed E-state index contributed by atoms with van der Waals surface area (Å²) < 4.78 is 1.11. The first-order chi connectivity index (χ1) is 13.8. The van der Waals surface area contributed by atoms with Gasteiger partial charge in [0.1, 0.15) is 12.1 Å². The van der Waals surface area contributed by atoms with E-state index in [-0.39, 0.29) is 0 Å². The highest BCUT2D eigenvalue weighted by atomic mass is 32.1. The van der Waals surface area contributed by atoms with Crippen molar-refractivity contribution in [3.05, 3.63) is 78.2 Å². The number of H-pyrrole nitrogens is 1. The summed E-state index contributed by atoms with van der Waals surface area (Å²) >= 11 is 1.74. The smallest absolute Gasteiger partial charge is 0.147 e. The fourth-order valence-corrected chi connectivity index (χ4v) is 4.65. The van der Waals surface area contributed by atoms with Gasteiger partial charge in [0.15, 0.2) is 0 Å². The minimum atomic E-state index is 0.825. The van der Waals surface area contributed by atoms with Crippen LogP contribution in [0.2, 0.25) is 0 Å². The number of hydrogen-bond donors (Lipinski definition) is 2. The average Bonchev–Trinajstić information content (AvgIpc) is 3.33. The van der Waals surface area contributed by atoms with Crippen molar-refractivity contribution in [2.24, 2.45) is 0 Å². The summed E-state index contributed by atoms with van der Waals surface area (Å²) in [4.78, 5) is 13.5. The van der Waals surface area contributed by atoms with E-state index >= 15 is 0 Å². The zero-order valence-electron chi connectivity index (χ0n) is 15.6. The monoisotopic (exact) mass is 384 g/mol. The Labute approximate surface area is 167 Å². The van der Waals surface area contributed by atoms with Crippen molar-refractivity contribution >= 4 is 38.3 Å². The molecule has 0 saturated heterocycles. The SMILES string of the molecule is Cc1cccc(-c2cc3ncnc(NCCc4c[nH]c5ccccc45)c3s2)c1. The van der Waals surface area contributed by atoms with Gasteiger partial charge in [-0.3, -0.25) is 0 Å². The quantitative estimate of drug-likeness (QED) is 0.402. The maximum Gasteiger partial charge on any atom is 0.147 e. The molecule has 0 aliphatic heterocycles. The van der Waals surface area contributed by atoms with Gasteiger partial charge in [-0.1, -0.05) is 48.0 Å². The summed E-state index contributed by atoms with van der Waals surface area (Å²) in [5.41, 5.74) is 5.99. The maximum absolute atomic E-state index is 4.49. The van der Waals surface area contributed by atoms with E-state index < -0.39 is 0 Å². The molecule has 28 heavy (non-hydrogen) atoms. The first-order valence-electron chi connectivity index (χ1n) is 9.38. The van der Waals surface area contributed by atoms with E-state index in [0.29, 0.717) is 0 Å². The zero-order valence-corrected chi connectivity index (χ0v) is 16.4. The number of hydrogen-bond acceptors (Lipinski definition) is 4. The van der Waals surface area contributed by atoms with Crippen LogP contribution in [-0.2, 0) is 6.42 Å². The molecule has 0 atom stereocenters. The van der Waals surface area contributed by atoms with E-state index in [1.165, 1.54) is 32.5 Å². The van der Waals surface area contributed by atoms with Gasteiger partial charge < -0.3 is 10.3 Å². The summed E-state index contributed by atoms with van der Waals surface area (Å²) in [5, 5.41) is 4.80. The first kappa shape index (κ1) is 17.0. The molecule has 0 bridgehead atoms. The molecular weight excluding hydrogens is 364 g/mol. The third-order valence-electron chi connectivity index (χ3n) is 4.98. The predicted molar refractivity (Wildman–Crippen MR) is 118 cm³/mol. The molecule has 5 aromatic rings. The van der Waals surface area contributed by atoms with Crippen LogP contribution in [-0.4, -0.2) is 21.5 Å². The molecule has 5 rings (SSSR count). The average molecular weight is 385 g/mol. The zero-order chi connectivity index (χ0) is 18.9. The molecule has 0 aliphatic carbocycles. The number of thiophene rings is 1. The van der Waals surface area contributed by atoms with E-state index in [9.17, 15) is 0 Å². The number of rotatable bonds is 5. The third-order valence-corrected chi connectivity index (χ3v) is 6.16. The number of aryl methyl sites for hydroxylation is 1. The van der Waals surface area contributed by atoms with Crippen LogP contribution in [0.15, 0.2) is 67.1 Å². The van der Waals surface area contributed by atoms with Crippen LogP contribution in [0, 0.1) is 6.92 Å². The molecule has 4 nitrogen and oxygen atoms in total. The summed E-state index contributed by atoms with van der Waals surface area (Å²) in [7, 11) is 0. The summed E-state index contributed by atoms with van der Waals surface area (Å²) in [5.74, 6) is 0.911. The van der Waals surface area contributed by atoms with Crippen LogP contribution in [0.1, 0.15) is 11.1 Å².